The third kappa shape index (κ3) is 2.84. The summed E-state index contributed by atoms with van der Waals surface area (Å²) in [7, 11) is 0. The minimum absolute atomic E-state index is 0.0496. The second kappa shape index (κ2) is 6.06. The van der Waals surface area contributed by atoms with Crippen LogP contribution in [0.2, 0.25) is 0 Å². The maximum Gasteiger partial charge on any atom is 0.241 e. The zero-order valence-electron chi connectivity index (χ0n) is 12.2. The molecular formula is C15H24N2OS. The molecule has 106 valence electrons. The Bertz CT molecular complexity index is 416. The summed E-state index contributed by atoms with van der Waals surface area (Å²) in [6.07, 6.45) is 2.22. The number of amides is 1. The number of hydrogen-bond acceptors (Lipinski definition) is 3. The third-order valence-electron chi connectivity index (χ3n) is 3.80. The van der Waals surface area contributed by atoms with Crippen molar-refractivity contribution in [1.29, 1.82) is 0 Å². The Morgan fingerprint density at radius 1 is 1.42 bits per heavy atom. The van der Waals surface area contributed by atoms with E-state index < -0.39 is 0 Å². The van der Waals surface area contributed by atoms with Crippen LogP contribution in [0.1, 0.15) is 51.6 Å². The zero-order chi connectivity index (χ0) is 14.0. The molecule has 19 heavy (non-hydrogen) atoms. The molecule has 0 bridgehead atoms. The number of hydrogen-bond donors (Lipinski definition) is 1. The molecule has 0 aromatic carbocycles. The van der Waals surface area contributed by atoms with E-state index in [-0.39, 0.29) is 18.1 Å². The molecule has 1 saturated heterocycles. The van der Waals surface area contributed by atoms with Gasteiger partial charge in [0.05, 0.1) is 6.04 Å². The minimum atomic E-state index is -0.0496. The van der Waals surface area contributed by atoms with E-state index in [1.165, 1.54) is 4.88 Å². The number of nitrogens with zero attached hydrogens (tertiary/aromatic N) is 1. The Balaban J connectivity index is 2.26. The fourth-order valence-electron chi connectivity index (χ4n) is 2.78. The van der Waals surface area contributed by atoms with Crippen LogP contribution in [0, 0.1) is 5.92 Å². The summed E-state index contributed by atoms with van der Waals surface area (Å²) in [5, 5.41) is 5.60. The Labute approximate surface area is 120 Å². The molecule has 3 unspecified atom stereocenters. The maximum absolute atomic E-state index is 12.6. The minimum Gasteiger partial charge on any atom is -0.318 e. The molecule has 1 fully saturated rings. The maximum atomic E-state index is 12.6. The predicted octanol–water partition coefficient (Wildman–Crippen LogP) is 3.39. The summed E-state index contributed by atoms with van der Waals surface area (Å²) < 4.78 is 0. The summed E-state index contributed by atoms with van der Waals surface area (Å²) in [5.41, 5.74) is 0. The number of carbonyl (C=O) groups excluding carboxylic acids is 1. The standard InChI is InChI=1S/C15H24N2OS/c1-5-7-11(4)17-14(12-8-6-9-19-12)16-13(10(2)3)15(17)18/h6,8-11,13-14,16H,5,7H2,1-4H3. The number of carbonyl (C=O) groups is 1. The second-order valence-corrected chi connectivity index (χ2v) is 6.67. The van der Waals surface area contributed by atoms with Crippen molar-refractivity contribution in [3.63, 3.8) is 0 Å². The van der Waals surface area contributed by atoms with Gasteiger partial charge in [-0.3, -0.25) is 10.1 Å². The van der Waals surface area contributed by atoms with Crippen molar-refractivity contribution in [2.45, 2.75) is 58.8 Å². The lowest BCUT2D eigenvalue weighted by Crippen LogP contribution is -2.39. The summed E-state index contributed by atoms with van der Waals surface area (Å²) in [6.45, 7) is 8.54. The second-order valence-electron chi connectivity index (χ2n) is 5.69. The summed E-state index contributed by atoms with van der Waals surface area (Å²) in [4.78, 5) is 15.9. The van der Waals surface area contributed by atoms with Crippen LogP contribution in [0.5, 0.6) is 0 Å². The van der Waals surface area contributed by atoms with Gasteiger partial charge in [-0.05, 0) is 30.7 Å². The lowest BCUT2D eigenvalue weighted by molar-refractivity contribution is -0.132. The molecule has 3 nitrogen and oxygen atoms in total. The Kier molecular flexibility index (Phi) is 4.63. The Morgan fingerprint density at radius 3 is 2.68 bits per heavy atom. The van der Waals surface area contributed by atoms with Crippen LogP contribution in [-0.2, 0) is 4.79 Å². The SMILES string of the molecule is CCCC(C)N1C(=O)C(C(C)C)NC1c1cccs1. The summed E-state index contributed by atoms with van der Waals surface area (Å²) >= 11 is 1.72. The summed E-state index contributed by atoms with van der Waals surface area (Å²) in [6, 6.07) is 4.41. The first-order chi connectivity index (χ1) is 9.06. The van der Waals surface area contributed by atoms with Gasteiger partial charge in [-0.2, -0.15) is 0 Å². The van der Waals surface area contributed by atoms with Gasteiger partial charge in [0.15, 0.2) is 0 Å². The van der Waals surface area contributed by atoms with Crippen LogP contribution in [0.3, 0.4) is 0 Å². The van der Waals surface area contributed by atoms with Gasteiger partial charge in [-0.1, -0.05) is 33.3 Å². The molecule has 1 aliphatic heterocycles. The van der Waals surface area contributed by atoms with Crippen LogP contribution < -0.4 is 5.32 Å². The molecule has 1 aliphatic rings. The van der Waals surface area contributed by atoms with Crippen molar-refractivity contribution in [3.05, 3.63) is 22.4 Å². The van der Waals surface area contributed by atoms with Crippen LogP contribution in [-0.4, -0.2) is 22.9 Å². The van der Waals surface area contributed by atoms with Gasteiger partial charge in [0.25, 0.3) is 0 Å². The van der Waals surface area contributed by atoms with Crippen LogP contribution in [0.15, 0.2) is 17.5 Å². The van der Waals surface area contributed by atoms with Crippen molar-refractivity contribution >= 4 is 17.2 Å². The monoisotopic (exact) mass is 280 g/mol. The van der Waals surface area contributed by atoms with Gasteiger partial charge in [-0.15, -0.1) is 11.3 Å². The van der Waals surface area contributed by atoms with Gasteiger partial charge in [0.2, 0.25) is 5.91 Å². The van der Waals surface area contributed by atoms with Crippen LogP contribution in [0.4, 0.5) is 0 Å². The lowest BCUT2D eigenvalue weighted by atomic mass is 10.0. The quantitative estimate of drug-likeness (QED) is 0.896. The molecule has 1 aromatic heterocycles. The molecule has 0 spiro atoms. The molecule has 0 radical (unpaired) electrons. The molecule has 2 heterocycles. The topological polar surface area (TPSA) is 32.3 Å². The fourth-order valence-corrected chi connectivity index (χ4v) is 3.56. The summed E-state index contributed by atoms with van der Waals surface area (Å²) in [5.74, 6) is 0.586. The molecule has 1 N–H and O–H groups in total. The number of thiophene rings is 1. The fraction of sp³-hybridized carbons (Fsp3) is 0.667. The van der Waals surface area contributed by atoms with E-state index >= 15 is 0 Å². The molecule has 0 saturated carbocycles. The van der Waals surface area contributed by atoms with Gasteiger partial charge in [-0.25, -0.2) is 0 Å². The third-order valence-corrected chi connectivity index (χ3v) is 4.72. The van der Waals surface area contributed by atoms with Crippen LogP contribution in [0.25, 0.3) is 0 Å². The number of rotatable bonds is 5. The van der Waals surface area contributed by atoms with Crippen molar-refractivity contribution in [3.8, 4) is 0 Å². The number of nitrogens with one attached hydrogen (secondary N) is 1. The van der Waals surface area contributed by atoms with Crippen molar-refractivity contribution in [1.82, 2.24) is 10.2 Å². The largest absolute Gasteiger partial charge is 0.318 e. The van der Waals surface area contributed by atoms with E-state index in [0.29, 0.717) is 12.0 Å². The highest BCUT2D eigenvalue weighted by atomic mass is 32.1. The predicted molar refractivity (Wildman–Crippen MR) is 80.0 cm³/mol. The van der Waals surface area contributed by atoms with E-state index in [9.17, 15) is 4.79 Å². The smallest absolute Gasteiger partial charge is 0.241 e. The highest BCUT2D eigenvalue weighted by Crippen LogP contribution is 2.33. The van der Waals surface area contributed by atoms with Crippen molar-refractivity contribution in [2.24, 2.45) is 5.92 Å². The van der Waals surface area contributed by atoms with Gasteiger partial charge in [0, 0.05) is 10.9 Å². The highest BCUT2D eigenvalue weighted by molar-refractivity contribution is 7.10. The molecule has 3 atom stereocenters. The zero-order valence-corrected chi connectivity index (χ0v) is 13.0. The normalized spacial score (nSPS) is 25.3. The van der Waals surface area contributed by atoms with Crippen LogP contribution >= 0.6 is 11.3 Å². The van der Waals surface area contributed by atoms with E-state index in [1.807, 2.05) is 0 Å². The molecule has 1 amide bonds. The van der Waals surface area contributed by atoms with Crippen molar-refractivity contribution in [2.75, 3.05) is 0 Å². The first kappa shape index (κ1) is 14.5. The van der Waals surface area contributed by atoms with Gasteiger partial charge < -0.3 is 4.90 Å². The van der Waals surface area contributed by atoms with Crippen molar-refractivity contribution < 1.29 is 4.79 Å². The van der Waals surface area contributed by atoms with Gasteiger partial charge >= 0.3 is 0 Å². The average Bonchev–Trinajstić information content (AvgIpc) is 2.95. The van der Waals surface area contributed by atoms with E-state index in [2.05, 4.69) is 55.4 Å². The Morgan fingerprint density at radius 2 is 2.16 bits per heavy atom. The van der Waals surface area contributed by atoms with Gasteiger partial charge in [0.1, 0.15) is 6.17 Å². The highest BCUT2D eigenvalue weighted by Gasteiger charge is 2.43. The molecule has 2 rings (SSSR count). The molecule has 4 heteroatoms. The van der Waals surface area contributed by atoms with E-state index in [0.717, 1.165) is 12.8 Å². The van der Waals surface area contributed by atoms with E-state index in [1.54, 1.807) is 11.3 Å². The van der Waals surface area contributed by atoms with E-state index in [4.69, 9.17) is 0 Å². The Hall–Kier alpha value is -0.870. The first-order valence-electron chi connectivity index (χ1n) is 7.17. The first-order valence-corrected chi connectivity index (χ1v) is 8.05. The molecule has 1 aromatic rings. The molecule has 0 aliphatic carbocycles. The average molecular weight is 280 g/mol. The lowest BCUT2D eigenvalue weighted by Gasteiger charge is -2.29. The molecular weight excluding hydrogens is 256 g/mol.